The number of rotatable bonds is 3. The molecular formula is C4H7Cl3NO3P. The topological polar surface area (TPSA) is 55.4 Å². The van der Waals surface area contributed by atoms with Crippen molar-refractivity contribution in [1.29, 1.82) is 0 Å². The zero-order valence-corrected chi connectivity index (χ0v) is 9.25. The van der Waals surface area contributed by atoms with Gasteiger partial charge < -0.3 is 4.74 Å². The molecule has 1 amide bonds. The molecule has 0 rings (SSSR count). The Bertz CT molecular complexity index is 206. The van der Waals surface area contributed by atoms with Crippen LogP contribution in [-0.2, 0) is 9.30 Å². The van der Waals surface area contributed by atoms with Gasteiger partial charge >= 0.3 is 6.09 Å². The van der Waals surface area contributed by atoms with Crippen molar-refractivity contribution in [2.45, 2.75) is 12.2 Å². The summed E-state index contributed by atoms with van der Waals surface area (Å²) in [6.07, 6.45) is -0.806. The number of ether oxygens (including phenoxy) is 1. The first-order valence-electron chi connectivity index (χ1n) is 2.94. The lowest BCUT2D eigenvalue weighted by molar-refractivity contribution is 0.153. The number of nitrogens with one attached hydrogen (secondary N) is 1. The van der Waals surface area contributed by atoms with Gasteiger partial charge in [0, 0.05) is 0 Å². The van der Waals surface area contributed by atoms with E-state index in [1.165, 1.54) is 0 Å². The SMILES string of the molecule is CCOC(=O)NC(Cl)P(=O)(Cl)Cl. The number of hydrogen-bond donors (Lipinski definition) is 1. The van der Waals surface area contributed by atoms with Crippen LogP contribution < -0.4 is 5.32 Å². The van der Waals surface area contributed by atoms with Crippen LogP contribution in [0.25, 0.3) is 0 Å². The van der Waals surface area contributed by atoms with Gasteiger partial charge in [-0.05, 0) is 29.4 Å². The summed E-state index contributed by atoms with van der Waals surface area (Å²) in [4.78, 5) is 10.6. The molecule has 0 aliphatic rings. The lowest BCUT2D eigenvalue weighted by Gasteiger charge is -2.11. The average molecular weight is 254 g/mol. The van der Waals surface area contributed by atoms with E-state index in [4.69, 9.17) is 34.1 Å². The molecule has 0 heterocycles. The Balaban J connectivity index is 3.93. The third kappa shape index (κ3) is 5.09. The molecule has 0 radical (unpaired) electrons. The lowest BCUT2D eigenvalue weighted by Crippen LogP contribution is -2.29. The predicted octanol–water partition coefficient (Wildman–Crippen LogP) is 2.93. The summed E-state index contributed by atoms with van der Waals surface area (Å²) in [6, 6.07) is 0. The van der Waals surface area contributed by atoms with Crippen LogP contribution in [0.5, 0.6) is 0 Å². The second kappa shape index (κ2) is 5.18. The Kier molecular flexibility index (Phi) is 5.34. The first kappa shape index (κ1) is 12.4. The maximum Gasteiger partial charge on any atom is 0.408 e. The second-order valence-corrected chi connectivity index (χ2v) is 7.50. The minimum atomic E-state index is -3.54. The zero-order chi connectivity index (χ0) is 9.78. The third-order valence-electron chi connectivity index (χ3n) is 0.776. The molecule has 0 saturated heterocycles. The molecule has 0 aliphatic carbocycles. The summed E-state index contributed by atoms with van der Waals surface area (Å²) in [5.74, 6) is -3.54. The highest BCUT2D eigenvalue weighted by Crippen LogP contribution is 2.61. The van der Waals surface area contributed by atoms with E-state index >= 15 is 0 Å². The molecule has 8 heteroatoms. The first-order valence-corrected chi connectivity index (χ1v) is 6.96. The van der Waals surface area contributed by atoms with Crippen molar-refractivity contribution in [2.24, 2.45) is 0 Å². The van der Waals surface area contributed by atoms with Crippen LogP contribution in [0.3, 0.4) is 0 Å². The van der Waals surface area contributed by atoms with Crippen LogP contribution in [0, 0.1) is 0 Å². The Hall–Kier alpha value is 0.370. The molecule has 0 fully saturated rings. The molecule has 12 heavy (non-hydrogen) atoms. The average Bonchev–Trinajstić information content (AvgIpc) is 1.85. The summed E-state index contributed by atoms with van der Waals surface area (Å²) in [5, 5.41) is 0.678. The molecule has 0 aliphatic heterocycles. The van der Waals surface area contributed by atoms with Crippen molar-refractivity contribution in [1.82, 2.24) is 5.32 Å². The van der Waals surface area contributed by atoms with Gasteiger partial charge in [0.2, 0.25) is 0 Å². The van der Waals surface area contributed by atoms with Crippen molar-refractivity contribution in [2.75, 3.05) is 6.61 Å². The molecular weight excluding hydrogens is 247 g/mol. The van der Waals surface area contributed by atoms with E-state index in [1.807, 2.05) is 5.32 Å². The van der Waals surface area contributed by atoms with Gasteiger partial charge in [0.25, 0.3) is 5.85 Å². The number of alkyl carbamates (subject to hydrolysis) is 1. The zero-order valence-electron chi connectivity index (χ0n) is 6.09. The number of amides is 1. The molecule has 4 nitrogen and oxygen atoms in total. The van der Waals surface area contributed by atoms with Gasteiger partial charge in [-0.15, -0.1) is 0 Å². The Labute approximate surface area is 84.4 Å². The Morgan fingerprint density at radius 2 is 2.17 bits per heavy atom. The minimum Gasteiger partial charge on any atom is -0.450 e. The molecule has 0 bridgehead atoms. The summed E-state index contributed by atoms with van der Waals surface area (Å²) in [5.41, 5.74) is 0. The Morgan fingerprint density at radius 3 is 2.50 bits per heavy atom. The molecule has 72 valence electrons. The predicted molar refractivity (Wildman–Crippen MR) is 49.1 cm³/mol. The van der Waals surface area contributed by atoms with Crippen molar-refractivity contribution in [3.63, 3.8) is 0 Å². The first-order chi connectivity index (χ1) is 5.38. The monoisotopic (exact) mass is 253 g/mol. The molecule has 0 saturated carbocycles. The summed E-state index contributed by atoms with van der Waals surface area (Å²) in [6.45, 7) is 1.80. The van der Waals surface area contributed by atoms with Gasteiger partial charge in [-0.25, -0.2) is 4.79 Å². The van der Waals surface area contributed by atoms with E-state index in [9.17, 15) is 9.36 Å². The van der Waals surface area contributed by atoms with Gasteiger partial charge in [-0.1, -0.05) is 11.6 Å². The van der Waals surface area contributed by atoms with Crippen molar-refractivity contribution < 1.29 is 14.1 Å². The van der Waals surface area contributed by atoms with Crippen molar-refractivity contribution in [3.05, 3.63) is 0 Å². The summed E-state index contributed by atoms with van der Waals surface area (Å²) in [7, 11) is 0. The highest BCUT2D eigenvalue weighted by Gasteiger charge is 2.28. The molecule has 0 aromatic carbocycles. The molecule has 1 atom stereocenters. The number of carbonyl (C=O) groups is 1. The highest BCUT2D eigenvalue weighted by molar-refractivity contribution is 8.09. The van der Waals surface area contributed by atoms with E-state index in [1.54, 1.807) is 6.92 Å². The van der Waals surface area contributed by atoms with Crippen LogP contribution in [0.2, 0.25) is 0 Å². The highest BCUT2D eigenvalue weighted by atomic mass is 35.9. The normalized spacial score (nSPS) is 13.7. The fourth-order valence-corrected chi connectivity index (χ4v) is 0.983. The lowest BCUT2D eigenvalue weighted by atomic mass is 10.9. The van der Waals surface area contributed by atoms with E-state index in [0.29, 0.717) is 0 Å². The van der Waals surface area contributed by atoms with Crippen LogP contribution in [-0.4, -0.2) is 17.9 Å². The van der Waals surface area contributed by atoms with Crippen LogP contribution in [0.1, 0.15) is 6.92 Å². The number of alkyl halides is 1. The van der Waals surface area contributed by atoms with Crippen molar-refractivity contribution in [3.8, 4) is 0 Å². The summed E-state index contributed by atoms with van der Waals surface area (Å²) >= 11 is 15.6. The molecule has 0 spiro atoms. The number of halogens is 3. The minimum absolute atomic E-state index is 0.185. The molecule has 0 aromatic heterocycles. The van der Waals surface area contributed by atoms with Crippen molar-refractivity contribution >= 4 is 46.0 Å². The van der Waals surface area contributed by atoms with E-state index in [-0.39, 0.29) is 6.61 Å². The van der Waals surface area contributed by atoms with E-state index in [0.717, 1.165) is 0 Å². The third-order valence-corrected chi connectivity index (χ3v) is 4.14. The summed E-state index contributed by atoms with van der Waals surface area (Å²) < 4.78 is 15.2. The quantitative estimate of drug-likeness (QED) is 0.478. The standard InChI is InChI=1S/C4H7Cl3NO3P/c1-2-11-4(9)8-3(5)12(6,7)10/h3H,2H2,1H3,(H,8,9). The van der Waals surface area contributed by atoms with E-state index in [2.05, 4.69) is 4.74 Å². The van der Waals surface area contributed by atoms with Crippen LogP contribution in [0.4, 0.5) is 4.79 Å². The largest absolute Gasteiger partial charge is 0.450 e. The number of carbonyl (C=O) groups excluding carboxylic acids is 1. The fraction of sp³-hybridized carbons (Fsp3) is 0.750. The van der Waals surface area contributed by atoms with Gasteiger partial charge in [0.1, 0.15) is 0 Å². The Morgan fingerprint density at radius 1 is 1.67 bits per heavy atom. The van der Waals surface area contributed by atoms with Gasteiger partial charge in [-0.3, -0.25) is 9.88 Å². The van der Waals surface area contributed by atoms with Crippen LogP contribution in [0.15, 0.2) is 0 Å². The smallest absolute Gasteiger partial charge is 0.408 e. The fourth-order valence-electron chi connectivity index (χ4n) is 0.345. The molecule has 1 N–H and O–H groups in total. The molecule has 0 aromatic rings. The van der Waals surface area contributed by atoms with E-state index < -0.39 is 17.2 Å². The maximum atomic E-state index is 10.8. The van der Waals surface area contributed by atoms with Gasteiger partial charge in [0.05, 0.1) is 6.61 Å². The molecule has 1 unspecified atom stereocenters. The maximum absolute atomic E-state index is 10.8. The van der Waals surface area contributed by atoms with Gasteiger partial charge in [0.15, 0.2) is 5.24 Å². The van der Waals surface area contributed by atoms with Crippen LogP contribution >= 0.6 is 39.9 Å². The number of hydrogen-bond acceptors (Lipinski definition) is 3. The van der Waals surface area contributed by atoms with Gasteiger partial charge in [-0.2, -0.15) is 0 Å². The second-order valence-electron chi connectivity index (χ2n) is 1.70.